The molecule has 1 nitrogen and oxygen atoms in total. The van der Waals surface area contributed by atoms with Gasteiger partial charge >= 0.3 is 79.2 Å². The molecule has 0 spiro atoms. The molecular formula is C9H16OTe. The van der Waals surface area contributed by atoms with E-state index in [0.717, 1.165) is 0 Å². The van der Waals surface area contributed by atoms with E-state index in [2.05, 4.69) is 11.0 Å². The van der Waals surface area contributed by atoms with Gasteiger partial charge in [0.05, 0.1) is 0 Å². The number of hydrogen-bond acceptors (Lipinski definition) is 1. The van der Waals surface area contributed by atoms with Gasteiger partial charge in [-0.15, -0.1) is 0 Å². The number of rotatable bonds is 6. The van der Waals surface area contributed by atoms with Crippen LogP contribution >= 0.6 is 0 Å². The molecule has 0 fully saturated rings. The Morgan fingerprint density at radius 2 is 2.18 bits per heavy atom. The molecule has 11 heavy (non-hydrogen) atoms. The number of aliphatic hydroxyl groups is 1. The fourth-order valence-electron chi connectivity index (χ4n) is 0.536. The fraction of sp³-hybridized carbons (Fsp3) is 0.556. The first-order valence-corrected chi connectivity index (χ1v) is 6.95. The third kappa shape index (κ3) is 10.2. The van der Waals surface area contributed by atoms with Gasteiger partial charge in [0.15, 0.2) is 0 Å². The molecule has 0 unspecified atom stereocenters. The summed E-state index contributed by atoms with van der Waals surface area (Å²) in [6.45, 7) is 2.38. The summed E-state index contributed by atoms with van der Waals surface area (Å²) < 4.78 is 3.68. The van der Waals surface area contributed by atoms with E-state index in [0.29, 0.717) is 0 Å². The molecule has 0 saturated heterocycles. The number of allylic oxidation sites excluding steroid dienone is 2. The van der Waals surface area contributed by atoms with Crippen molar-refractivity contribution in [2.75, 3.05) is 6.61 Å². The number of hydrogen-bond donors (Lipinski definition) is 1. The van der Waals surface area contributed by atoms with E-state index in [1.165, 1.54) is 17.3 Å². The molecule has 0 saturated carbocycles. The second-order valence-corrected chi connectivity index (χ2v) is 5.06. The van der Waals surface area contributed by atoms with E-state index in [9.17, 15) is 0 Å². The molecule has 0 radical (unpaired) electrons. The Labute approximate surface area is 79.3 Å². The average molecular weight is 268 g/mol. The van der Waals surface area contributed by atoms with Crippen LogP contribution in [0, 0.1) is 0 Å². The standard InChI is InChI=1S/C9H16OTe/c1-2-3-8-11-9-6-4-5-7-10/h4-6,9-10H,2-3,7-8H2,1H3/b5-4+,9-6-. The van der Waals surface area contributed by atoms with Crippen molar-refractivity contribution < 1.29 is 5.11 Å². The second-order valence-electron chi connectivity index (χ2n) is 2.16. The Morgan fingerprint density at radius 1 is 1.36 bits per heavy atom. The summed E-state index contributed by atoms with van der Waals surface area (Å²) in [5, 5.41) is 8.40. The Morgan fingerprint density at radius 3 is 2.82 bits per heavy atom. The zero-order chi connectivity index (χ0) is 8.36. The Kier molecular flexibility index (Phi) is 10.4. The molecule has 0 aromatic carbocycles. The fourth-order valence-corrected chi connectivity index (χ4v) is 2.80. The summed E-state index contributed by atoms with van der Waals surface area (Å²) in [6, 6.07) is 0. The molecule has 2 heteroatoms. The zero-order valence-electron chi connectivity index (χ0n) is 6.99. The molecule has 0 aromatic rings. The van der Waals surface area contributed by atoms with Gasteiger partial charge in [-0.05, 0) is 0 Å². The molecule has 64 valence electrons. The van der Waals surface area contributed by atoms with Crippen molar-refractivity contribution in [3.8, 4) is 0 Å². The SMILES string of the molecule is CCCC[Te]/C=C\C=C\CO. The Balaban J connectivity index is 3.09. The second kappa shape index (κ2) is 10.2. The van der Waals surface area contributed by atoms with Crippen LogP contribution < -0.4 is 0 Å². The first-order chi connectivity index (χ1) is 5.41. The van der Waals surface area contributed by atoms with Gasteiger partial charge in [-0.2, -0.15) is 0 Å². The monoisotopic (exact) mass is 270 g/mol. The number of aliphatic hydroxyl groups excluding tert-OH is 1. The van der Waals surface area contributed by atoms with Crippen LogP contribution in [0.5, 0.6) is 0 Å². The van der Waals surface area contributed by atoms with Gasteiger partial charge in [0.25, 0.3) is 0 Å². The van der Waals surface area contributed by atoms with Crippen molar-refractivity contribution in [2.45, 2.75) is 24.2 Å². The summed E-state index contributed by atoms with van der Waals surface area (Å²) in [7, 11) is 0. The van der Waals surface area contributed by atoms with Crippen LogP contribution in [0.25, 0.3) is 0 Å². The summed E-state index contributed by atoms with van der Waals surface area (Å²) in [5.41, 5.74) is 0. The normalized spacial score (nSPS) is 11.8. The summed E-state index contributed by atoms with van der Waals surface area (Å²) >= 11 is 0.129. The van der Waals surface area contributed by atoms with Crippen molar-refractivity contribution in [3.05, 3.63) is 22.4 Å². The average Bonchev–Trinajstić information content (AvgIpc) is 2.03. The van der Waals surface area contributed by atoms with Gasteiger partial charge in [0, 0.05) is 0 Å². The molecule has 0 atom stereocenters. The van der Waals surface area contributed by atoms with Crippen LogP contribution in [0.2, 0.25) is 4.47 Å². The molecule has 0 rings (SSSR count). The zero-order valence-corrected chi connectivity index (χ0v) is 9.32. The van der Waals surface area contributed by atoms with Crippen molar-refractivity contribution >= 4 is 20.9 Å². The summed E-state index contributed by atoms with van der Waals surface area (Å²) in [6.07, 6.45) is 8.40. The Bertz CT molecular complexity index is 119. The van der Waals surface area contributed by atoms with Crippen molar-refractivity contribution in [1.29, 1.82) is 0 Å². The van der Waals surface area contributed by atoms with Crippen LogP contribution in [-0.2, 0) is 0 Å². The minimum atomic E-state index is 0.129. The van der Waals surface area contributed by atoms with Crippen molar-refractivity contribution in [2.24, 2.45) is 0 Å². The maximum absolute atomic E-state index is 8.40. The predicted molar refractivity (Wildman–Crippen MR) is 50.8 cm³/mol. The summed E-state index contributed by atoms with van der Waals surface area (Å²) in [5.74, 6) is 0. The maximum atomic E-state index is 8.40. The minimum absolute atomic E-state index is 0.129. The van der Waals surface area contributed by atoms with Gasteiger partial charge in [0.1, 0.15) is 0 Å². The van der Waals surface area contributed by atoms with Crippen molar-refractivity contribution in [1.82, 2.24) is 0 Å². The van der Waals surface area contributed by atoms with Crippen LogP contribution in [-0.4, -0.2) is 32.6 Å². The molecule has 0 aromatic heterocycles. The molecule has 0 aliphatic heterocycles. The van der Waals surface area contributed by atoms with Crippen LogP contribution in [0.1, 0.15) is 19.8 Å². The van der Waals surface area contributed by atoms with Gasteiger partial charge in [-0.1, -0.05) is 0 Å². The van der Waals surface area contributed by atoms with E-state index in [4.69, 9.17) is 5.11 Å². The van der Waals surface area contributed by atoms with E-state index in [1.807, 2.05) is 12.2 Å². The molecule has 0 bridgehead atoms. The quantitative estimate of drug-likeness (QED) is 0.443. The van der Waals surface area contributed by atoms with Crippen LogP contribution in [0.4, 0.5) is 0 Å². The molecule has 0 amide bonds. The van der Waals surface area contributed by atoms with E-state index in [1.54, 1.807) is 6.08 Å². The molecule has 0 aliphatic rings. The number of unbranched alkanes of at least 4 members (excludes halogenated alkanes) is 1. The first kappa shape index (κ1) is 11.2. The molecular weight excluding hydrogens is 252 g/mol. The molecule has 0 aliphatic carbocycles. The van der Waals surface area contributed by atoms with Crippen molar-refractivity contribution in [3.63, 3.8) is 0 Å². The van der Waals surface area contributed by atoms with Gasteiger partial charge in [-0.3, -0.25) is 0 Å². The van der Waals surface area contributed by atoms with E-state index < -0.39 is 0 Å². The third-order valence-corrected chi connectivity index (χ3v) is 3.64. The topological polar surface area (TPSA) is 20.2 Å². The third-order valence-electron chi connectivity index (χ3n) is 1.14. The van der Waals surface area contributed by atoms with Gasteiger partial charge in [-0.25, -0.2) is 0 Å². The predicted octanol–water partition coefficient (Wildman–Crippen LogP) is 1.97. The summed E-state index contributed by atoms with van der Waals surface area (Å²) in [4.78, 5) is 0. The first-order valence-electron chi connectivity index (χ1n) is 3.96. The van der Waals surface area contributed by atoms with E-state index >= 15 is 0 Å². The van der Waals surface area contributed by atoms with E-state index in [-0.39, 0.29) is 27.5 Å². The van der Waals surface area contributed by atoms with Gasteiger partial charge < -0.3 is 0 Å². The van der Waals surface area contributed by atoms with Gasteiger partial charge in [0.2, 0.25) is 0 Å². The van der Waals surface area contributed by atoms with Crippen LogP contribution in [0.3, 0.4) is 0 Å². The molecule has 1 N–H and O–H groups in total. The Hall–Kier alpha value is 0.230. The molecule has 0 heterocycles. The van der Waals surface area contributed by atoms with Crippen LogP contribution in [0.15, 0.2) is 22.4 Å².